The molecule has 4 aromatic rings. The summed E-state index contributed by atoms with van der Waals surface area (Å²) >= 11 is 0. The Morgan fingerprint density at radius 1 is 1.00 bits per heavy atom. The second kappa shape index (κ2) is 10.7. The van der Waals surface area contributed by atoms with Crippen molar-refractivity contribution in [2.75, 3.05) is 19.8 Å². The van der Waals surface area contributed by atoms with Gasteiger partial charge in [0.25, 0.3) is 0 Å². The van der Waals surface area contributed by atoms with E-state index in [1.54, 1.807) is 12.4 Å². The van der Waals surface area contributed by atoms with Gasteiger partial charge in [-0.2, -0.15) is 5.10 Å². The molecule has 0 bridgehead atoms. The van der Waals surface area contributed by atoms with Crippen molar-refractivity contribution in [3.63, 3.8) is 0 Å². The molecule has 9 heteroatoms. The first-order valence-corrected chi connectivity index (χ1v) is 11.7. The standard InChI is InChI=1S/C27H24F2N4O3/c28-21-12-22(29)14-23(13-21)33-7-4-26(34)25(32-33)11-19-2-1-3-20(10-19)27-30-15-24(16-31-27)36-17-18-5-8-35-9-6-18/h1-4,7,10,12-16,18H,5-6,8-9,11,17H2. The molecule has 0 radical (unpaired) electrons. The van der Waals surface area contributed by atoms with Gasteiger partial charge in [-0.05, 0) is 42.5 Å². The smallest absolute Gasteiger partial charge is 0.203 e. The average Bonchev–Trinajstić information content (AvgIpc) is 2.89. The Morgan fingerprint density at radius 3 is 2.50 bits per heavy atom. The summed E-state index contributed by atoms with van der Waals surface area (Å²) in [6, 6.07) is 11.9. The first kappa shape index (κ1) is 23.7. The molecule has 5 rings (SSSR count). The Balaban J connectivity index is 1.30. The zero-order valence-electron chi connectivity index (χ0n) is 19.4. The van der Waals surface area contributed by atoms with Gasteiger partial charge >= 0.3 is 0 Å². The highest BCUT2D eigenvalue weighted by molar-refractivity contribution is 5.56. The Kier molecular flexibility index (Phi) is 7.08. The maximum absolute atomic E-state index is 13.6. The van der Waals surface area contributed by atoms with Crippen LogP contribution < -0.4 is 10.2 Å². The van der Waals surface area contributed by atoms with Crippen molar-refractivity contribution in [1.29, 1.82) is 0 Å². The zero-order valence-corrected chi connectivity index (χ0v) is 19.4. The molecule has 2 aromatic heterocycles. The van der Waals surface area contributed by atoms with Crippen LogP contribution in [0.5, 0.6) is 5.75 Å². The third-order valence-corrected chi connectivity index (χ3v) is 6.00. The summed E-state index contributed by atoms with van der Waals surface area (Å²) in [4.78, 5) is 21.3. The van der Waals surface area contributed by atoms with E-state index in [1.165, 1.54) is 16.9 Å². The van der Waals surface area contributed by atoms with E-state index in [9.17, 15) is 13.6 Å². The molecule has 36 heavy (non-hydrogen) atoms. The fraction of sp³-hybridized carbons (Fsp3) is 0.259. The van der Waals surface area contributed by atoms with Crippen molar-refractivity contribution in [3.8, 4) is 22.8 Å². The average molecular weight is 491 g/mol. The Hall–Kier alpha value is -3.98. The SMILES string of the molecule is O=c1ccn(-c2cc(F)cc(F)c2)nc1Cc1cccc(-c2ncc(OCC3CCOCC3)cn2)c1. The van der Waals surface area contributed by atoms with Crippen LogP contribution in [0.4, 0.5) is 8.78 Å². The van der Waals surface area contributed by atoms with Crippen LogP contribution in [0.25, 0.3) is 17.1 Å². The third kappa shape index (κ3) is 5.80. The minimum atomic E-state index is -0.722. The van der Waals surface area contributed by atoms with Gasteiger partial charge in [-0.3, -0.25) is 4.79 Å². The molecule has 7 nitrogen and oxygen atoms in total. The fourth-order valence-corrected chi connectivity index (χ4v) is 4.07. The first-order chi connectivity index (χ1) is 17.5. The largest absolute Gasteiger partial charge is 0.490 e. The monoisotopic (exact) mass is 490 g/mol. The molecular formula is C27H24F2N4O3. The predicted molar refractivity (Wildman–Crippen MR) is 129 cm³/mol. The van der Waals surface area contributed by atoms with Crippen LogP contribution in [-0.4, -0.2) is 39.6 Å². The van der Waals surface area contributed by atoms with Gasteiger partial charge in [0.15, 0.2) is 11.6 Å². The van der Waals surface area contributed by atoms with Gasteiger partial charge in [-0.15, -0.1) is 0 Å². The molecule has 0 atom stereocenters. The second-order valence-corrected chi connectivity index (χ2v) is 8.69. The van der Waals surface area contributed by atoms with Crippen molar-refractivity contribution in [2.45, 2.75) is 19.3 Å². The van der Waals surface area contributed by atoms with Gasteiger partial charge in [-0.1, -0.05) is 18.2 Å². The van der Waals surface area contributed by atoms with Crippen molar-refractivity contribution < 1.29 is 18.3 Å². The highest BCUT2D eigenvalue weighted by Gasteiger charge is 2.15. The van der Waals surface area contributed by atoms with Gasteiger partial charge < -0.3 is 9.47 Å². The molecule has 0 unspecified atom stereocenters. The lowest BCUT2D eigenvalue weighted by molar-refractivity contribution is 0.0496. The number of rotatable bonds is 7. The molecule has 1 aliphatic heterocycles. The number of hydrogen-bond donors (Lipinski definition) is 0. The Labute approximate surface area is 206 Å². The number of benzene rings is 2. The highest BCUT2D eigenvalue weighted by Crippen LogP contribution is 2.21. The first-order valence-electron chi connectivity index (χ1n) is 11.7. The van der Waals surface area contributed by atoms with Crippen molar-refractivity contribution >= 4 is 0 Å². The van der Waals surface area contributed by atoms with Crippen molar-refractivity contribution in [1.82, 2.24) is 19.7 Å². The Morgan fingerprint density at radius 2 is 1.75 bits per heavy atom. The van der Waals surface area contributed by atoms with Crippen LogP contribution in [-0.2, 0) is 11.2 Å². The van der Waals surface area contributed by atoms with Crippen LogP contribution in [0.1, 0.15) is 24.1 Å². The van der Waals surface area contributed by atoms with Gasteiger partial charge in [-0.25, -0.2) is 23.4 Å². The van der Waals surface area contributed by atoms with Gasteiger partial charge in [0.05, 0.1) is 24.7 Å². The van der Waals surface area contributed by atoms with E-state index >= 15 is 0 Å². The van der Waals surface area contributed by atoms with E-state index < -0.39 is 11.6 Å². The number of nitrogens with zero attached hydrogens (tertiary/aromatic N) is 4. The third-order valence-electron chi connectivity index (χ3n) is 6.00. The molecule has 1 fully saturated rings. The van der Waals surface area contributed by atoms with E-state index in [-0.39, 0.29) is 23.2 Å². The fourth-order valence-electron chi connectivity index (χ4n) is 4.07. The quantitative estimate of drug-likeness (QED) is 0.383. The highest BCUT2D eigenvalue weighted by atomic mass is 19.1. The summed E-state index contributed by atoms with van der Waals surface area (Å²) in [7, 11) is 0. The van der Waals surface area contributed by atoms with Gasteiger partial charge in [0, 0.05) is 43.5 Å². The minimum Gasteiger partial charge on any atom is -0.490 e. The topological polar surface area (TPSA) is 79.1 Å². The summed E-state index contributed by atoms with van der Waals surface area (Å²) in [6.45, 7) is 2.16. The Bertz CT molecular complexity index is 1380. The van der Waals surface area contributed by atoms with Crippen LogP contribution in [0.3, 0.4) is 0 Å². The molecular weight excluding hydrogens is 466 g/mol. The number of hydrogen-bond acceptors (Lipinski definition) is 6. The van der Waals surface area contributed by atoms with E-state index in [2.05, 4.69) is 15.1 Å². The molecule has 1 saturated heterocycles. The molecule has 1 aliphatic rings. The van der Waals surface area contributed by atoms with Gasteiger partial charge in [0.1, 0.15) is 17.3 Å². The summed E-state index contributed by atoms with van der Waals surface area (Å²) in [5.41, 5.74) is 1.78. The maximum atomic E-state index is 13.6. The van der Waals surface area contributed by atoms with Crippen LogP contribution in [0.15, 0.2) is 71.9 Å². The van der Waals surface area contributed by atoms with Crippen LogP contribution in [0, 0.1) is 17.6 Å². The zero-order chi connectivity index (χ0) is 24.9. The summed E-state index contributed by atoms with van der Waals surface area (Å²) in [5.74, 6) is 0.180. The number of aromatic nitrogens is 4. The van der Waals surface area contributed by atoms with Crippen molar-refractivity contribution in [2.24, 2.45) is 5.92 Å². The number of ether oxygens (including phenoxy) is 2. The van der Waals surface area contributed by atoms with Crippen LogP contribution in [0.2, 0.25) is 0 Å². The van der Waals surface area contributed by atoms with E-state index in [1.807, 2.05) is 24.3 Å². The molecule has 0 aliphatic carbocycles. The van der Waals surface area contributed by atoms with Gasteiger partial charge in [0.2, 0.25) is 5.43 Å². The normalized spacial score (nSPS) is 14.1. The molecule has 184 valence electrons. The lowest BCUT2D eigenvalue weighted by Gasteiger charge is -2.21. The maximum Gasteiger partial charge on any atom is 0.203 e. The van der Waals surface area contributed by atoms with Crippen molar-refractivity contribution in [3.05, 3.63) is 100 Å². The molecule has 3 heterocycles. The predicted octanol–water partition coefficient (Wildman–Crippen LogP) is 4.36. The lowest BCUT2D eigenvalue weighted by Crippen LogP contribution is -2.21. The molecule has 0 spiro atoms. The summed E-state index contributed by atoms with van der Waals surface area (Å²) in [5, 5.41) is 4.31. The molecule has 2 aromatic carbocycles. The second-order valence-electron chi connectivity index (χ2n) is 8.69. The van der Waals surface area contributed by atoms with Crippen LogP contribution >= 0.6 is 0 Å². The molecule has 0 amide bonds. The summed E-state index contributed by atoms with van der Waals surface area (Å²) in [6.07, 6.45) is 6.92. The van der Waals surface area contributed by atoms with E-state index in [0.717, 1.165) is 55.4 Å². The molecule has 0 saturated carbocycles. The lowest BCUT2D eigenvalue weighted by atomic mass is 10.0. The number of halogens is 2. The molecule has 0 N–H and O–H groups in total. The van der Waals surface area contributed by atoms with E-state index in [0.29, 0.717) is 24.1 Å². The minimum absolute atomic E-state index is 0.190. The van der Waals surface area contributed by atoms with E-state index in [4.69, 9.17) is 9.47 Å². The summed E-state index contributed by atoms with van der Waals surface area (Å²) < 4.78 is 39.8.